The molecule has 148 valence electrons. The molecule has 1 aliphatic heterocycles. The monoisotopic (exact) mass is 355 g/mol. The van der Waals surface area contributed by atoms with Crippen LogP contribution < -0.4 is 5.32 Å². The van der Waals surface area contributed by atoms with Crippen molar-refractivity contribution in [3.63, 3.8) is 0 Å². The standard InChI is InChI=1S/C21H41NO3/c1-6-7-8-9-10-11-12-13-14-18(19(23)25-24)17-15-20(2,3)22-21(4,5)16-17/h17-18,22,24H,6-16H2,1-5H3. The van der Waals surface area contributed by atoms with Gasteiger partial charge in [0.1, 0.15) is 0 Å². The maximum absolute atomic E-state index is 12.2. The molecule has 0 aliphatic carbocycles. The van der Waals surface area contributed by atoms with Crippen LogP contribution in [-0.2, 0) is 9.68 Å². The van der Waals surface area contributed by atoms with Gasteiger partial charge in [-0.2, -0.15) is 5.26 Å². The zero-order valence-electron chi connectivity index (χ0n) is 17.2. The third-order valence-electron chi connectivity index (χ3n) is 5.55. The Morgan fingerprint density at radius 3 is 1.96 bits per heavy atom. The molecule has 1 aliphatic rings. The molecule has 0 spiro atoms. The van der Waals surface area contributed by atoms with Gasteiger partial charge < -0.3 is 10.2 Å². The summed E-state index contributed by atoms with van der Waals surface area (Å²) in [5, 5.41) is 12.6. The van der Waals surface area contributed by atoms with Crippen molar-refractivity contribution in [2.75, 3.05) is 0 Å². The van der Waals surface area contributed by atoms with E-state index in [0.717, 1.165) is 25.7 Å². The molecule has 1 heterocycles. The molecule has 1 atom stereocenters. The maximum Gasteiger partial charge on any atom is 0.345 e. The summed E-state index contributed by atoms with van der Waals surface area (Å²) in [6.45, 7) is 11.0. The summed E-state index contributed by atoms with van der Waals surface area (Å²) in [5.74, 6) is -0.373. The van der Waals surface area contributed by atoms with Crippen LogP contribution in [0.3, 0.4) is 0 Å². The van der Waals surface area contributed by atoms with Gasteiger partial charge in [-0.05, 0) is 52.9 Å². The summed E-state index contributed by atoms with van der Waals surface area (Å²) in [5.41, 5.74) is -0.000635. The van der Waals surface area contributed by atoms with Gasteiger partial charge in [-0.25, -0.2) is 4.79 Å². The second kappa shape index (κ2) is 10.5. The maximum atomic E-state index is 12.2. The van der Waals surface area contributed by atoms with Gasteiger partial charge in [0, 0.05) is 11.1 Å². The van der Waals surface area contributed by atoms with Crippen LogP contribution in [0.1, 0.15) is 105 Å². The Morgan fingerprint density at radius 1 is 1.00 bits per heavy atom. The molecular formula is C21H41NO3. The Hall–Kier alpha value is -0.610. The first-order valence-corrected chi connectivity index (χ1v) is 10.4. The summed E-state index contributed by atoms with van der Waals surface area (Å²) in [6.07, 6.45) is 12.7. The van der Waals surface area contributed by atoms with Crippen molar-refractivity contribution in [2.45, 2.75) is 116 Å². The molecule has 0 aromatic heterocycles. The topological polar surface area (TPSA) is 58.6 Å². The number of piperidine rings is 1. The van der Waals surface area contributed by atoms with Crippen molar-refractivity contribution in [1.82, 2.24) is 5.32 Å². The minimum absolute atomic E-state index is 0.000317. The number of carbonyl (C=O) groups excluding carboxylic acids is 1. The molecule has 0 radical (unpaired) electrons. The predicted octanol–water partition coefficient (Wildman–Crippen LogP) is 5.71. The Balaban J connectivity index is 2.47. The summed E-state index contributed by atoms with van der Waals surface area (Å²) in [6, 6.07) is 0. The van der Waals surface area contributed by atoms with Crippen molar-refractivity contribution in [2.24, 2.45) is 11.8 Å². The highest BCUT2D eigenvalue weighted by Gasteiger charge is 2.43. The lowest BCUT2D eigenvalue weighted by Crippen LogP contribution is -2.59. The van der Waals surface area contributed by atoms with Crippen LogP contribution in [0.2, 0.25) is 0 Å². The molecule has 1 unspecified atom stereocenters. The molecule has 4 nitrogen and oxygen atoms in total. The summed E-state index contributed by atoms with van der Waals surface area (Å²) in [7, 11) is 0. The Labute approximate surface area is 155 Å². The number of rotatable bonds is 11. The summed E-state index contributed by atoms with van der Waals surface area (Å²) < 4.78 is 0. The zero-order valence-corrected chi connectivity index (χ0v) is 17.2. The lowest BCUT2D eigenvalue weighted by molar-refractivity contribution is -0.241. The number of carbonyl (C=O) groups is 1. The largest absolute Gasteiger partial charge is 0.345 e. The smallest absolute Gasteiger partial charge is 0.307 e. The number of hydrogen-bond acceptors (Lipinski definition) is 4. The SMILES string of the molecule is CCCCCCCCCCC(C(=O)OO)C1CC(C)(C)NC(C)(C)C1. The highest BCUT2D eigenvalue weighted by Crippen LogP contribution is 2.39. The first-order chi connectivity index (χ1) is 11.7. The van der Waals surface area contributed by atoms with E-state index in [1.165, 1.54) is 44.9 Å². The normalized spacial score (nSPS) is 21.0. The van der Waals surface area contributed by atoms with Crippen LogP contribution in [0.4, 0.5) is 0 Å². The summed E-state index contributed by atoms with van der Waals surface area (Å²) in [4.78, 5) is 16.3. The first kappa shape index (κ1) is 22.4. The molecule has 0 aromatic carbocycles. The molecule has 25 heavy (non-hydrogen) atoms. The minimum Gasteiger partial charge on any atom is -0.307 e. The van der Waals surface area contributed by atoms with Crippen molar-refractivity contribution in [1.29, 1.82) is 0 Å². The van der Waals surface area contributed by atoms with Gasteiger partial charge >= 0.3 is 5.97 Å². The van der Waals surface area contributed by atoms with E-state index in [9.17, 15) is 4.79 Å². The van der Waals surface area contributed by atoms with Gasteiger partial charge in [0.15, 0.2) is 0 Å². The fourth-order valence-corrected chi connectivity index (χ4v) is 4.80. The molecule has 0 bridgehead atoms. The van der Waals surface area contributed by atoms with Crippen molar-refractivity contribution in [3.05, 3.63) is 0 Å². The van der Waals surface area contributed by atoms with Crippen molar-refractivity contribution in [3.8, 4) is 0 Å². The van der Waals surface area contributed by atoms with Gasteiger partial charge in [0.2, 0.25) is 0 Å². The second-order valence-corrected chi connectivity index (χ2v) is 9.34. The fourth-order valence-electron chi connectivity index (χ4n) is 4.80. The Kier molecular flexibility index (Phi) is 9.44. The molecule has 0 saturated carbocycles. The Morgan fingerprint density at radius 2 is 1.48 bits per heavy atom. The van der Waals surface area contributed by atoms with E-state index in [2.05, 4.69) is 44.8 Å². The average Bonchev–Trinajstić information content (AvgIpc) is 2.49. The Bertz CT molecular complexity index is 377. The highest BCUT2D eigenvalue weighted by molar-refractivity contribution is 5.72. The van der Waals surface area contributed by atoms with E-state index in [4.69, 9.17) is 5.26 Å². The molecule has 2 N–H and O–H groups in total. The van der Waals surface area contributed by atoms with E-state index in [1.54, 1.807) is 0 Å². The molecular weight excluding hydrogens is 314 g/mol. The molecule has 1 saturated heterocycles. The second-order valence-electron chi connectivity index (χ2n) is 9.34. The molecule has 4 heteroatoms. The number of nitrogens with one attached hydrogen (secondary N) is 1. The van der Waals surface area contributed by atoms with E-state index >= 15 is 0 Å². The van der Waals surface area contributed by atoms with Gasteiger partial charge in [-0.1, -0.05) is 58.3 Å². The minimum atomic E-state index is -0.443. The third kappa shape index (κ3) is 8.54. The van der Waals surface area contributed by atoms with Crippen LogP contribution in [-0.4, -0.2) is 22.3 Å². The van der Waals surface area contributed by atoms with Gasteiger partial charge in [-0.15, -0.1) is 0 Å². The van der Waals surface area contributed by atoms with E-state index < -0.39 is 5.97 Å². The summed E-state index contributed by atoms with van der Waals surface area (Å²) >= 11 is 0. The van der Waals surface area contributed by atoms with E-state index in [1.807, 2.05) is 0 Å². The first-order valence-electron chi connectivity index (χ1n) is 10.4. The molecule has 0 amide bonds. The molecule has 1 rings (SSSR count). The van der Waals surface area contributed by atoms with Crippen molar-refractivity contribution >= 4 is 5.97 Å². The number of hydrogen-bond donors (Lipinski definition) is 2. The van der Waals surface area contributed by atoms with Gasteiger partial charge in [0.25, 0.3) is 0 Å². The molecule has 1 fully saturated rings. The van der Waals surface area contributed by atoms with Crippen LogP contribution in [0.25, 0.3) is 0 Å². The van der Waals surface area contributed by atoms with Crippen LogP contribution >= 0.6 is 0 Å². The van der Waals surface area contributed by atoms with Crippen molar-refractivity contribution < 1.29 is 14.9 Å². The third-order valence-corrected chi connectivity index (χ3v) is 5.55. The van der Waals surface area contributed by atoms with Gasteiger partial charge in [0.05, 0.1) is 5.92 Å². The lowest BCUT2D eigenvalue weighted by Gasteiger charge is -2.48. The van der Waals surface area contributed by atoms with E-state index in [0.29, 0.717) is 0 Å². The predicted molar refractivity (Wildman–Crippen MR) is 103 cm³/mol. The van der Waals surface area contributed by atoms with Crippen LogP contribution in [0, 0.1) is 11.8 Å². The lowest BCUT2D eigenvalue weighted by atomic mass is 9.69. The molecule has 0 aromatic rings. The zero-order chi connectivity index (χ0) is 18.9. The highest BCUT2D eigenvalue weighted by atomic mass is 17.1. The fraction of sp³-hybridized carbons (Fsp3) is 0.952. The average molecular weight is 356 g/mol. The van der Waals surface area contributed by atoms with Crippen LogP contribution in [0.15, 0.2) is 0 Å². The number of unbranched alkanes of at least 4 members (excludes halogenated alkanes) is 7. The van der Waals surface area contributed by atoms with E-state index in [-0.39, 0.29) is 22.9 Å². The quantitative estimate of drug-likeness (QED) is 0.283. The van der Waals surface area contributed by atoms with Crippen LogP contribution in [0.5, 0.6) is 0 Å². The van der Waals surface area contributed by atoms with Gasteiger partial charge in [-0.3, -0.25) is 0 Å².